The molecule has 3 amide bonds. The Morgan fingerprint density at radius 1 is 1.22 bits per heavy atom. The van der Waals surface area contributed by atoms with Gasteiger partial charge in [-0.25, -0.2) is 9.18 Å². The molecule has 2 aromatic rings. The Hall–Kier alpha value is -3.96. The van der Waals surface area contributed by atoms with Crippen molar-refractivity contribution in [3.8, 4) is 0 Å². The van der Waals surface area contributed by atoms with Crippen LogP contribution in [0.4, 0.5) is 10.2 Å². The summed E-state index contributed by atoms with van der Waals surface area (Å²) < 4.78 is 13.3. The van der Waals surface area contributed by atoms with Gasteiger partial charge in [-0.15, -0.1) is 0 Å². The number of aromatic nitrogens is 2. The van der Waals surface area contributed by atoms with Crippen LogP contribution in [0.3, 0.4) is 0 Å². The van der Waals surface area contributed by atoms with Crippen LogP contribution in [0.25, 0.3) is 0 Å². The Balaban J connectivity index is 1.60. The van der Waals surface area contributed by atoms with E-state index in [9.17, 15) is 28.4 Å². The van der Waals surface area contributed by atoms with E-state index in [1.54, 1.807) is 11.0 Å². The van der Waals surface area contributed by atoms with Crippen molar-refractivity contribution in [2.24, 2.45) is 5.73 Å². The van der Waals surface area contributed by atoms with Crippen LogP contribution in [-0.4, -0.2) is 52.9 Å². The van der Waals surface area contributed by atoms with Crippen LogP contribution < -0.4 is 32.5 Å². The van der Waals surface area contributed by atoms with E-state index in [0.29, 0.717) is 30.9 Å². The van der Waals surface area contributed by atoms with Crippen molar-refractivity contribution in [3.63, 3.8) is 0 Å². The van der Waals surface area contributed by atoms with Crippen molar-refractivity contribution in [1.82, 2.24) is 20.6 Å². The predicted octanol–water partition coefficient (Wildman–Crippen LogP) is -1.50. The molecule has 12 heteroatoms. The summed E-state index contributed by atoms with van der Waals surface area (Å²) in [5.74, 6) is -2.10. The van der Waals surface area contributed by atoms with Gasteiger partial charge in [-0.3, -0.25) is 29.1 Å². The summed E-state index contributed by atoms with van der Waals surface area (Å²) in [5, 5.41) is 5.22. The molecule has 3 rings (SSSR count). The summed E-state index contributed by atoms with van der Waals surface area (Å²) in [5.41, 5.74) is 4.46. The summed E-state index contributed by atoms with van der Waals surface area (Å²) in [7, 11) is 0. The van der Waals surface area contributed by atoms with E-state index in [4.69, 9.17) is 5.73 Å². The molecule has 11 nitrogen and oxygen atoms in total. The van der Waals surface area contributed by atoms with Crippen LogP contribution in [0, 0.1) is 5.82 Å². The third kappa shape index (κ3) is 6.27. The largest absolute Gasteiger partial charge is 0.370 e. The number of primary amides is 1. The highest BCUT2D eigenvalue weighted by Gasteiger charge is 2.29. The zero-order valence-corrected chi connectivity index (χ0v) is 17.0. The van der Waals surface area contributed by atoms with E-state index >= 15 is 0 Å². The molecule has 32 heavy (non-hydrogen) atoms. The SMILES string of the molecule is NC(=O)CC(NC(=O)Cc1cccc(F)c1)C(=O)N[C@H]1CCN(c2cc(=O)[nH]c(=O)[nH]2)C1. The van der Waals surface area contributed by atoms with E-state index < -0.39 is 47.3 Å². The Morgan fingerprint density at radius 2 is 2.00 bits per heavy atom. The topological polar surface area (TPSA) is 170 Å². The van der Waals surface area contributed by atoms with Gasteiger partial charge in [0, 0.05) is 25.2 Å². The van der Waals surface area contributed by atoms with Crippen LogP contribution in [-0.2, 0) is 20.8 Å². The molecular weight excluding hydrogens is 423 g/mol. The first-order valence-corrected chi connectivity index (χ1v) is 9.90. The summed E-state index contributed by atoms with van der Waals surface area (Å²) in [6.45, 7) is 0.780. The number of nitrogens with two attached hydrogens (primary N) is 1. The molecule has 1 aromatic carbocycles. The van der Waals surface area contributed by atoms with Gasteiger partial charge in [0.05, 0.1) is 12.8 Å². The third-order valence-corrected chi connectivity index (χ3v) is 4.93. The fourth-order valence-corrected chi connectivity index (χ4v) is 3.51. The van der Waals surface area contributed by atoms with Gasteiger partial charge in [-0.1, -0.05) is 12.1 Å². The number of nitrogens with one attached hydrogen (secondary N) is 4. The number of aromatic amines is 2. The lowest BCUT2D eigenvalue weighted by molar-refractivity contribution is -0.131. The average molecular weight is 446 g/mol. The molecular formula is C20H23FN6O5. The molecule has 0 aliphatic carbocycles. The van der Waals surface area contributed by atoms with Crippen LogP contribution in [0.5, 0.6) is 0 Å². The average Bonchev–Trinajstić information content (AvgIpc) is 3.15. The number of benzene rings is 1. The molecule has 1 aromatic heterocycles. The minimum Gasteiger partial charge on any atom is -0.370 e. The Morgan fingerprint density at radius 3 is 2.69 bits per heavy atom. The normalized spacial score (nSPS) is 16.4. The maximum Gasteiger partial charge on any atom is 0.327 e. The predicted molar refractivity (Wildman–Crippen MR) is 112 cm³/mol. The molecule has 0 spiro atoms. The van der Waals surface area contributed by atoms with Gasteiger partial charge in [-0.05, 0) is 24.1 Å². The maximum atomic E-state index is 13.3. The number of nitrogens with zero attached hydrogens (tertiary/aromatic N) is 1. The summed E-state index contributed by atoms with van der Waals surface area (Å²) in [6, 6.07) is 5.19. The molecule has 0 saturated carbocycles. The Kier molecular flexibility index (Phi) is 7.03. The number of carbonyl (C=O) groups excluding carboxylic acids is 3. The van der Waals surface area contributed by atoms with Crippen LogP contribution in [0.15, 0.2) is 39.9 Å². The first-order chi connectivity index (χ1) is 15.2. The zero-order chi connectivity index (χ0) is 23.3. The minimum atomic E-state index is -1.19. The molecule has 2 atom stereocenters. The van der Waals surface area contributed by atoms with Gasteiger partial charge < -0.3 is 21.3 Å². The van der Waals surface area contributed by atoms with Crippen molar-refractivity contribution >= 4 is 23.5 Å². The molecule has 1 saturated heterocycles. The Labute approximate surface area is 181 Å². The van der Waals surface area contributed by atoms with Crippen LogP contribution in [0.1, 0.15) is 18.4 Å². The number of hydrogen-bond donors (Lipinski definition) is 5. The number of rotatable bonds is 8. The molecule has 1 aliphatic heterocycles. The van der Waals surface area contributed by atoms with Crippen molar-refractivity contribution in [1.29, 1.82) is 0 Å². The second-order valence-corrected chi connectivity index (χ2v) is 7.51. The Bertz CT molecular complexity index is 1100. The van der Waals surface area contributed by atoms with E-state index in [1.165, 1.54) is 24.3 Å². The highest BCUT2D eigenvalue weighted by molar-refractivity contribution is 5.92. The lowest BCUT2D eigenvalue weighted by atomic mass is 10.1. The molecule has 170 valence electrons. The van der Waals surface area contributed by atoms with Crippen LogP contribution >= 0.6 is 0 Å². The first kappa shape index (κ1) is 22.7. The van der Waals surface area contributed by atoms with Gasteiger partial charge in [0.15, 0.2) is 0 Å². The van der Waals surface area contributed by atoms with Gasteiger partial charge in [0.25, 0.3) is 5.56 Å². The molecule has 0 radical (unpaired) electrons. The highest BCUT2D eigenvalue weighted by atomic mass is 19.1. The second kappa shape index (κ2) is 9.90. The van der Waals surface area contributed by atoms with Crippen molar-refractivity contribution in [2.45, 2.75) is 31.3 Å². The number of hydrogen-bond acceptors (Lipinski definition) is 6. The van der Waals surface area contributed by atoms with Gasteiger partial charge >= 0.3 is 5.69 Å². The molecule has 0 bridgehead atoms. The van der Waals surface area contributed by atoms with E-state index in [2.05, 4.69) is 20.6 Å². The molecule has 1 aliphatic rings. The highest BCUT2D eigenvalue weighted by Crippen LogP contribution is 2.15. The van der Waals surface area contributed by atoms with Gasteiger partial charge in [-0.2, -0.15) is 0 Å². The van der Waals surface area contributed by atoms with Gasteiger partial charge in [0.1, 0.15) is 17.7 Å². The fraction of sp³-hybridized carbons (Fsp3) is 0.350. The minimum absolute atomic E-state index is 0.173. The van der Waals surface area contributed by atoms with Gasteiger partial charge in [0.2, 0.25) is 17.7 Å². The van der Waals surface area contributed by atoms with Crippen LogP contribution in [0.2, 0.25) is 0 Å². The van der Waals surface area contributed by atoms with Crippen molar-refractivity contribution in [2.75, 3.05) is 18.0 Å². The first-order valence-electron chi connectivity index (χ1n) is 9.90. The molecule has 1 fully saturated rings. The number of amides is 3. The summed E-state index contributed by atoms with van der Waals surface area (Å²) in [6.07, 6.45) is -0.0624. The molecule has 2 heterocycles. The lowest BCUT2D eigenvalue weighted by Gasteiger charge is -2.21. The molecule has 6 N–H and O–H groups in total. The third-order valence-electron chi connectivity index (χ3n) is 4.93. The number of anilines is 1. The standard InChI is InChI=1S/C20H23FN6O5/c21-12-3-1-2-11(6-12)7-17(29)24-14(8-15(22)28)19(31)23-13-4-5-27(10-13)16-9-18(30)26-20(32)25-16/h1-3,6,9,13-14H,4-5,7-8,10H2,(H2,22,28)(H,23,31)(H,24,29)(H2,25,26,30,32)/t13-,14?/m0/s1. The maximum absolute atomic E-state index is 13.3. The monoisotopic (exact) mass is 446 g/mol. The van der Waals surface area contributed by atoms with E-state index in [1.807, 2.05) is 0 Å². The summed E-state index contributed by atoms with van der Waals surface area (Å²) in [4.78, 5) is 65.7. The van der Waals surface area contributed by atoms with E-state index in [-0.39, 0.29) is 12.5 Å². The smallest absolute Gasteiger partial charge is 0.327 e. The number of H-pyrrole nitrogens is 2. The van der Waals surface area contributed by atoms with Crippen molar-refractivity contribution in [3.05, 3.63) is 62.6 Å². The second-order valence-electron chi connectivity index (χ2n) is 7.51. The zero-order valence-electron chi connectivity index (χ0n) is 17.0. The fourth-order valence-electron chi connectivity index (χ4n) is 3.51. The number of carbonyl (C=O) groups is 3. The van der Waals surface area contributed by atoms with E-state index in [0.717, 1.165) is 0 Å². The molecule has 1 unspecified atom stereocenters. The van der Waals surface area contributed by atoms with Crippen molar-refractivity contribution < 1.29 is 18.8 Å². The summed E-state index contributed by atoms with van der Waals surface area (Å²) >= 11 is 0. The quantitative estimate of drug-likeness (QED) is 0.330. The lowest BCUT2D eigenvalue weighted by Crippen LogP contribution is -2.51. The number of halogens is 1.